The highest BCUT2D eigenvalue weighted by Crippen LogP contribution is 2.15. The van der Waals surface area contributed by atoms with E-state index in [0.29, 0.717) is 11.4 Å². The van der Waals surface area contributed by atoms with Gasteiger partial charge in [0.15, 0.2) is 0 Å². The summed E-state index contributed by atoms with van der Waals surface area (Å²) in [7, 11) is -1.03. The van der Waals surface area contributed by atoms with Gasteiger partial charge in [0.05, 0.1) is 31.6 Å². The lowest BCUT2D eigenvalue weighted by molar-refractivity contribution is -0.910. The molecule has 0 aliphatic carbocycles. The molecule has 1 rings (SSSR count). The van der Waals surface area contributed by atoms with E-state index in [1.54, 1.807) is 12.1 Å². The lowest BCUT2D eigenvalue weighted by atomic mass is 10.1. The molecule has 0 atom stereocenters. The van der Waals surface area contributed by atoms with Gasteiger partial charge in [0, 0.05) is 13.0 Å². The van der Waals surface area contributed by atoms with E-state index in [-0.39, 0.29) is 0 Å². The summed E-state index contributed by atoms with van der Waals surface area (Å²) in [6.07, 6.45) is 16.8. The summed E-state index contributed by atoms with van der Waals surface area (Å²) in [6, 6.07) is 7.08. The summed E-state index contributed by atoms with van der Waals surface area (Å²) in [5.41, 5.74) is 1.07. The van der Waals surface area contributed by atoms with Crippen LogP contribution >= 0.6 is 0 Å². The molecule has 0 aliphatic heterocycles. The molecule has 0 heterocycles. The number of nitrogens with one attached hydrogen (secondary N) is 1. The molecule has 32 heavy (non-hydrogen) atoms. The van der Waals surface area contributed by atoms with Crippen molar-refractivity contribution in [2.24, 2.45) is 0 Å². The summed E-state index contributed by atoms with van der Waals surface area (Å²) >= 11 is 0. The standard InChI is InChI=1S/C27H51N2O2S/c1-5-7-9-11-13-15-23-29(4,24-16-14-12-10-8-6-2)25-17-22-28-32(30,31)27-20-18-26(3)19-21-27/h18-21,28H,5-17,22-25H2,1-4H3/q+1. The molecule has 186 valence electrons. The predicted molar refractivity (Wildman–Crippen MR) is 139 cm³/mol. The van der Waals surface area contributed by atoms with Crippen LogP contribution in [0.1, 0.15) is 103 Å². The van der Waals surface area contributed by atoms with E-state index in [0.717, 1.165) is 23.0 Å². The summed E-state index contributed by atoms with van der Waals surface area (Å²) in [6.45, 7) is 10.5. The Morgan fingerprint density at radius 1 is 0.688 bits per heavy atom. The first kappa shape index (κ1) is 29.1. The summed E-state index contributed by atoms with van der Waals surface area (Å²) < 4.78 is 29.0. The molecule has 0 bridgehead atoms. The molecule has 0 saturated heterocycles. The highest BCUT2D eigenvalue weighted by molar-refractivity contribution is 7.89. The summed E-state index contributed by atoms with van der Waals surface area (Å²) in [5, 5.41) is 0. The number of quaternary nitrogens is 1. The minimum Gasteiger partial charge on any atom is -0.326 e. The van der Waals surface area contributed by atoms with Crippen LogP contribution in [0.25, 0.3) is 0 Å². The van der Waals surface area contributed by atoms with Crippen LogP contribution in [0, 0.1) is 6.92 Å². The molecule has 1 aromatic carbocycles. The normalized spacial score (nSPS) is 12.4. The van der Waals surface area contributed by atoms with Crippen molar-refractivity contribution < 1.29 is 12.9 Å². The smallest absolute Gasteiger partial charge is 0.240 e. The Morgan fingerprint density at radius 2 is 1.12 bits per heavy atom. The monoisotopic (exact) mass is 467 g/mol. The van der Waals surface area contributed by atoms with Crippen molar-refractivity contribution in [1.29, 1.82) is 0 Å². The topological polar surface area (TPSA) is 46.2 Å². The molecule has 0 unspecified atom stereocenters. The van der Waals surface area contributed by atoms with Crippen molar-refractivity contribution in [3.63, 3.8) is 0 Å². The average Bonchev–Trinajstić information content (AvgIpc) is 2.77. The van der Waals surface area contributed by atoms with E-state index in [4.69, 9.17) is 0 Å². The third-order valence-electron chi connectivity index (χ3n) is 6.60. The van der Waals surface area contributed by atoms with Gasteiger partial charge in [-0.25, -0.2) is 13.1 Å². The second kappa shape index (κ2) is 16.7. The van der Waals surface area contributed by atoms with Crippen LogP contribution in [0.2, 0.25) is 0 Å². The fourth-order valence-corrected chi connectivity index (χ4v) is 5.43. The van der Waals surface area contributed by atoms with E-state index < -0.39 is 10.0 Å². The quantitative estimate of drug-likeness (QED) is 0.169. The number of rotatable bonds is 20. The van der Waals surface area contributed by atoms with Crippen LogP contribution in [0.5, 0.6) is 0 Å². The lowest BCUT2D eigenvalue weighted by Gasteiger charge is -2.35. The average molecular weight is 468 g/mol. The van der Waals surface area contributed by atoms with Crippen molar-refractivity contribution >= 4 is 10.0 Å². The van der Waals surface area contributed by atoms with Crippen LogP contribution < -0.4 is 4.72 Å². The van der Waals surface area contributed by atoms with Crippen molar-refractivity contribution in [3.05, 3.63) is 29.8 Å². The molecule has 0 spiro atoms. The van der Waals surface area contributed by atoms with Gasteiger partial charge in [-0.2, -0.15) is 0 Å². The molecule has 0 aliphatic rings. The maximum atomic E-state index is 12.5. The van der Waals surface area contributed by atoms with Gasteiger partial charge in [-0.15, -0.1) is 0 Å². The number of aryl methyl sites for hydroxylation is 1. The maximum absolute atomic E-state index is 12.5. The molecule has 0 fully saturated rings. The number of hydrogen-bond acceptors (Lipinski definition) is 2. The molecule has 0 amide bonds. The Morgan fingerprint density at radius 3 is 1.62 bits per heavy atom. The number of sulfonamides is 1. The first-order chi connectivity index (χ1) is 15.3. The first-order valence-corrected chi connectivity index (χ1v) is 14.7. The van der Waals surface area contributed by atoms with Crippen molar-refractivity contribution in [1.82, 2.24) is 4.72 Å². The number of unbranched alkanes of at least 4 members (excludes halogenated alkanes) is 10. The Kier molecular flexibility index (Phi) is 15.2. The molecule has 0 saturated carbocycles. The summed E-state index contributed by atoms with van der Waals surface area (Å²) in [4.78, 5) is 0.361. The van der Waals surface area contributed by atoms with Gasteiger partial charge in [-0.05, 0) is 44.7 Å². The fraction of sp³-hybridized carbons (Fsp3) is 0.778. The fourth-order valence-electron chi connectivity index (χ4n) is 4.35. The maximum Gasteiger partial charge on any atom is 0.240 e. The van der Waals surface area contributed by atoms with Gasteiger partial charge in [0.2, 0.25) is 10.0 Å². The van der Waals surface area contributed by atoms with Gasteiger partial charge in [0.25, 0.3) is 0 Å². The van der Waals surface area contributed by atoms with Crippen LogP contribution in [-0.2, 0) is 10.0 Å². The van der Waals surface area contributed by atoms with Crippen LogP contribution in [0.3, 0.4) is 0 Å². The van der Waals surface area contributed by atoms with Crippen LogP contribution in [0.15, 0.2) is 29.2 Å². The Hall–Kier alpha value is -0.910. The molecule has 5 heteroatoms. The lowest BCUT2D eigenvalue weighted by Crippen LogP contribution is -2.47. The van der Waals surface area contributed by atoms with Crippen molar-refractivity contribution in [3.8, 4) is 0 Å². The summed E-state index contributed by atoms with van der Waals surface area (Å²) in [5.74, 6) is 0. The Labute approximate surface area is 199 Å². The highest BCUT2D eigenvalue weighted by Gasteiger charge is 2.21. The van der Waals surface area contributed by atoms with Crippen LogP contribution in [-0.4, -0.2) is 46.1 Å². The zero-order chi connectivity index (χ0) is 23.7. The van der Waals surface area contributed by atoms with Gasteiger partial charge in [0.1, 0.15) is 0 Å². The van der Waals surface area contributed by atoms with E-state index in [1.165, 1.54) is 90.1 Å². The molecular weight excluding hydrogens is 416 g/mol. The second-order valence-corrected chi connectivity index (χ2v) is 11.7. The number of nitrogens with zero attached hydrogens (tertiary/aromatic N) is 1. The Bertz CT molecular complexity index is 670. The van der Waals surface area contributed by atoms with E-state index >= 15 is 0 Å². The Balaban J connectivity index is 2.47. The zero-order valence-corrected chi connectivity index (χ0v) is 22.3. The van der Waals surface area contributed by atoms with E-state index in [1.807, 2.05) is 19.1 Å². The molecule has 1 N–H and O–H groups in total. The van der Waals surface area contributed by atoms with Crippen LogP contribution in [0.4, 0.5) is 0 Å². The molecule has 4 nitrogen and oxygen atoms in total. The third-order valence-corrected chi connectivity index (χ3v) is 8.08. The molecule has 0 radical (unpaired) electrons. The van der Waals surface area contributed by atoms with Crippen molar-refractivity contribution in [2.45, 2.75) is 109 Å². The number of hydrogen-bond donors (Lipinski definition) is 1. The number of benzene rings is 1. The SMILES string of the molecule is CCCCCCCC[N+](C)(CCCCCCCC)CCCNS(=O)(=O)c1ccc(C)cc1. The molecule has 1 aromatic rings. The molecule has 0 aromatic heterocycles. The second-order valence-electron chi connectivity index (χ2n) is 9.89. The predicted octanol–water partition coefficient (Wildman–Crippen LogP) is 6.83. The zero-order valence-electron chi connectivity index (χ0n) is 21.5. The van der Waals surface area contributed by atoms with Gasteiger partial charge >= 0.3 is 0 Å². The highest BCUT2D eigenvalue weighted by atomic mass is 32.2. The van der Waals surface area contributed by atoms with Crippen molar-refractivity contribution in [2.75, 3.05) is 33.2 Å². The minimum atomic E-state index is -3.41. The van der Waals surface area contributed by atoms with E-state index in [2.05, 4.69) is 25.6 Å². The minimum absolute atomic E-state index is 0.361. The molecular formula is C27H51N2O2S+. The third kappa shape index (κ3) is 13.0. The van der Waals surface area contributed by atoms with Gasteiger partial charge < -0.3 is 4.48 Å². The first-order valence-electron chi connectivity index (χ1n) is 13.2. The largest absolute Gasteiger partial charge is 0.326 e. The van der Waals surface area contributed by atoms with E-state index in [9.17, 15) is 8.42 Å². The van der Waals surface area contributed by atoms with Gasteiger partial charge in [-0.1, -0.05) is 82.9 Å². The van der Waals surface area contributed by atoms with Gasteiger partial charge in [-0.3, -0.25) is 0 Å².